The summed E-state index contributed by atoms with van der Waals surface area (Å²) in [6.45, 7) is 13.0. The average molecular weight is 307 g/mol. The maximum Gasteiger partial charge on any atom is 0.192 e. The first-order chi connectivity index (χ1) is 9.63. The van der Waals surface area contributed by atoms with E-state index in [-0.39, 0.29) is 16.9 Å². The largest absolute Gasteiger partial charge is 0.410 e. The van der Waals surface area contributed by atoms with Crippen molar-refractivity contribution in [2.24, 2.45) is 0 Å². The number of hydrogen-bond donors (Lipinski definition) is 0. The third-order valence-corrected chi connectivity index (χ3v) is 8.90. The third-order valence-electron chi connectivity index (χ3n) is 4.41. The fourth-order valence-corrected chi connectivity index (χ4v) is 3.35. The normalized spacial score (nSPS) is 14.0. The van der Waals surface area contributed by atoms with Gasteiger partial charge in [-0.3, -0.25) is 0 Å². The van der Waals surface area contributed by atoms with Crippen molar-refractivity contribution in [3.63, 3.8) is 0 Å². The topological polar surface area (TPSA) is 26.3 Å². The van der Waals surface area contributed by atoms with Gasteiger partial charge in [-0.25, -0.2) is 0 Å². The molecule has 1 atom stereocenters. The molecule has 1 rings (SSSR count). The first kappa shape index (κ1) is 18.1. The van der Waals surface area contributed by atoms with Gasteiger partial charge in [0.25, 0.3) is 0 Å². The second-order valence-corrected chi connectivity index (χ2v) is 12.1. The number of carbonyl (C=O) groups excluding carboxylic acids is 1. The summed E-state index contributed by atoms with van der Waals surface area (Å²) in [5.41, 5.74) is 1.23. The molecule has 1 aromatic rings. The molecule has 0 bridgehead atoms. The molecule has 0 aliphatic rings. The van der Waals surface area contributed by atoms with Crippen molar-refractivity contribution in [1.29, 1.82) is 0 Å². The summed E-state index contributed by atoms with van der Waals surface area (Å²) in [5.74, 6) is 0.258. The highest BCUT2D eigenvalue weighted by atomic mass is 28.4. The summed E-state index contributed by atoms with van der Waals surface area (Å²) in [4.78, 5) is 11.2. The highest BCUT2D eigenvalue weighted by Crippen LogP contribution is 2.40. The Morgan fingerprint density at radius 1 is 1.19 bits per heavy atom. The lowest BCUT2D eigenvalue weighted by Crippen LogP contribution is -2.41. The van der Waals surface area contributed by atoms with Crippen LogP contribution in [0.3, 0.4) is 0 Å². The smallest absolute Gasteiger partial charge is 0.192 e. The SMILES string of the molecule is CC(=O)CCCC(O[Si](C)(C)C(C)(C)C)c1ccccc1. The molecule has 0 aromatic heterocycles. The summed E-state index contributed by atoms with van der Waals surface area (Å²) in [6.07, 6.45) is 2.55. The second-order valence-electron chi connectivity index (χ2n) is 7.37. The molecule has 0 amide bonds. The maximum absolute atomic E-state index is 11.2. The number of Topliss-reactive ketones (excluding diaryl/α,β-unsaturated/α-hetero) is 1. The van der Waals surface area contributed by atoms with Crippen LogP contribution >= 0.6 is 0 Å². The van der Waals surface area contributed by atoms with E-state index in [1.807, 2.05) is 6.07 Å². The molecule has 0 saturated carbocycles. The number of carbonyl (C=O) groups is 1. The molecule has 0 heterocycles. The Morgan fingerprint density at radius 2 is 1.76 bits per heavy atom. The lowest BCUT2D eigenvalue weighted by molar-refractivity contribution is -0.117. The van der Waals surface area contributed by atoms with Crippen molar-refractivity contribution >= 4 is 14.1 Å². The fraction of sp³-hybridized carbons (Fsp3) is 0.611. The van der Waals surface area contributed by atoms with Crippen LogP contribution in [0.15, 0.2) is 30.3 Å². The molecule has 118 valence electrons. The first-order valence-electron chi connectivity index (χ1n) is 7.86. The number of benzene rings is 1. The minimum Gasteiger partial charge on any atom is -0.410 e. The Bertz CT molecular complexity index is 446. The minimum absolute atomic E-state index is 0.103. The highest BCUT2D eigenvalue weighted by molar-refractivity contribution is 6.74. The van der Waals surface area contributed by atoms with Gasteiger partial charge < -0.3 is 9.22 Å². The summed E-state index contributed by atoms with van der Waals surface area (Å²) < 4.78 is 6.60. The molecular weight excluding hydrogens is 276 g/mol. The highest BCUT2D eigenvalue weighted by Gasteiger charge is 2.39. The van der Waals surface area contributed by atoms with Gasteiger partial charge >= 0.3 is 0 Å². The van der Waals surface area contributed by atoms with E-state index in [1.165, 1.54) is 5.56 Å². The van der Waals surface area contributed by atoms with Crippen molar-refractivity contribution in [2.75, 3.05) is 0 Å². The van der Waals surface area contributed by atoms with Crippen molar-refractivity contribution in [2.45, 2.75) is 71.2 Å². The van der Waals surface area contributed by atoms with E-state index in [4.69, 9.17) is 4.43 Å². The van der Waals surface area contributed by atoms with E-state index in [0.29, 0.717) is 6.42 Å². The first-order valence-corrected chi connectivity index (χ1v) is 10.8. The van der Waals surface area contributed by atoms with E-state index in [2.05, 4.69) is 58.1 Å². The quantitative estimate of drug-likeness (QED) is 0.621. The van der Waals surface area contributed by atoms with Crippen LogP contribution in [0.25, 0.3) is 0 Å². The monoisotopic (exact) mass is 306 g/mol. The fourth-order valence-electron chi connectivity index (χ4n) is 2.03. The maximum atomic E-state index is 11.2. The van der Waals surface area contributed by atoms with Crippen LogP contribution in [-0.2, 0) is 9.22 Å². The molecule has 21 heavy (non-hydrogen) atoms. The van der Waals surface area contributed by atoms with Gasteiger partial charge in [0.05, 0.1) is 6.10 Å². The zero-order chi connectivity index (χ0) is 16.1. The number of hydrogen-bond acceptors (Lipinski definition) is 2. The standard InChI is InChI=1S/C18H30O2Si/c1-15(19)11-10-14-17(16-12-8-7-9-13-16)20-21(5,6)18(2,3)4/h7-9,12-13,17H,10-11,14H2,1-6H3. The molecule has 0 aliphatic carbocycles. The van der Waals surface area contributed by atoms with Gasteiger partial charge in [-0.15, -0.1) is 0 Å². The van der Waals surface area contributed by atoms with Crippen LogP contribution < -0.4 is 0 Å². The van der Waals surface area contributed by atoms with Gasteiger partial charge in [0.2, 0.25) is 0 Å². The van der Waals surface area contributed by atoms with Crippen LogP contribution in [0.1, 0.15) is 58.6 Å². The molecule has 3 heteroatoms. The summed E-state index contributed by atoms with van der Waals surface area (Å²) in [6, 6.07) is 10.4. The molecule has 1 unspecified atom stereocenters. The molecule has 0 radical (unpaired) electrons. The van der Waals surface area contributed by atoms with E-state index < -0.39 is 8.32 Å². The predicted octanol–water partition coefficient (Wildman–Crippen LogP) is 5.51. The lowest BCUT2D eigenvalue weighted by Gasteiger charge is -2.39. The molecule has 0 saturated heterocycles. The summed E-state index contributed by atoms with van der Waals surface area (Å²) >= 11 is 0. The average Bonchev–Trinajstić information content (AvgIpc) is 2.36. The third kappa shape index (κ3) is 5.75. The van der Waals surface area contributed by atoms with Crippen molar-refractivity contribution < 1.29 is 9.22 Å². The van der Waals surface area contributed by atoms with Crippen LogP contribution in [0.4, 0.5) is 0 Å². The van der Waals surface area contributed by atoms with Gasteiger partial charge in [0.1, 0.15) is 5.78 Å². The Kier molecular flexibility index (Phi) is 6.35. The van der Waals surface area contributed by atoms with Gasteiger partial charge in [-0.1, -0.05) is 51.1 Å². The van der Waals surface area contributed by atoms with Gasteiger partial charge in [0, 0.05) is 6.42 Å². The Balaban J connectivity index is 2.85. The van der Waals surface area contributed by atoms with Crippen molar-refractivity contribution in [1.82, 2.24) is 0 Å². The van der Waals surface area contributed by atoms with Crippen LogP contribution in [0, 0.1) is 0 Å². The summed E-state index contributed by atoms with van der Waals surface area (Å²) in [5, 5.41) is 0.195. The zero-order valence-corrected chi connectivity index (χ0v) is 15.4. The van der Waals surface area contributed by atoms with Gasteiger partial charge in [0.15, 0.2) is 8.32 Å². The molecule has 0 fully saturated rings. The summed E-state index contributed by atoms with van der Waals surface area (Å²) in [7, 11) is -1.81. The van der Waals surface area contributed by atoms with Crippen LogP contribution in [0.5, 0.6) is 0 Å². The molecule has 1 aromatic carbocycles. The zero-order valence-electron chi connectivity index (χ0n) is 14.4. The van der Waals surface area contributed by atoms with Gasteiger partial charge in [-0.2, -0.15) is 0 Å². The van der Waals surface area contributed by atoms with Crippen LogP contribution in [-0.4, -0.2) is 14.1 Å². The van der Waals surface area contributed by atoms with Crippen LogP contribution in [0.2, 0.25) is 18.1 Å². The van der Waals surface area contributed by atoms with E-state index >= 15 is 0 Å². The Morgan fingerprint density at radius 3 is 2.24 bits per heavy atom. The second kappa shape index (κ2) is 7.37. The minimum atomic E-state index is -1.81. The number of ketones is 1. The molecule has 0 N–H and O–H groups in total. The van der Waals surface area contributed by atoms with Gasteiger partial charge in [-0.05, 0) is 43.5 Å². The van der Waals surface area contributed by atoms with E-state index in [1.54, 1.807) is 6.92 Å². The molecule has 0 spiro atoms. The number of rotatable bonds is 7. The van der Waals surface area contributed by atoms with E-state index in [0.717, 1.165) is 12.8 Å². The van der Waals surface area contributed by atoms with E-state index in [9.17, 15) is 4.79 Å². The Labute approximate surface area is 131 Å². The molecule has 2 nitrogen and oxygen atoms in total. The predicted molar refractivity (Wildman–Crippen MR) is 92.0 cm³/mol. The Hall–Kier alpha value is -0.933. The van der Waals surface area contributed by atoms with Crippen molar-refractivity contribution in [3.05, 3.63) is 35.9 Å². The molecular formula is C18H30O2Si. The molecule has 0 aliphatic heterocycles. The lowest BCUT2D eigenvalue weighted by atomic mass is 10.0. The van der Waals surface area contributed by atoms with Crippen molar-refractivity contribution in [3.8, 4) is 0 Å².